The van der Waals surface area contributed by atoms with Crippen LogP contribution in [0.25, 0.3) is 0 Å². The van der Waals surface area contributed by atoms with Crippen LogP contribution >= 0.6 is 11.3 Å². The van der Waals surface area contributed by atoms with Crippen LogP contribution in [-0.4, -0.2) is 35.9 Å². The van der Waals surface area contributed by atoms with E-state index in [9.17, 15) is 37.7 Å². The van der Waals surface area contributed by atoms with Gasteiger partial charge in [-0.05, 0) is 30.0 Å². The van der Waals surface area contributed by atoms with Crippen LogP contribution in [0.15, 0.2) is 35.0 Å². The number of nitro benzene ring substituents is 1. The number of amides is 2. The molecular formula is C18H16F3N3O6S. The smallest absolute Gasteiger partial charge is 0.416 e. The Hall–Kier alpha value is -3.48. The Morgan fingerprint density at radius 3 is 2.55 bits per heavy atom. The molecule has 0 unspecified atom stereocenters. The van der Waals surface area contributed by atoms with Crippen LogP contribution in [-0.2, 0) is 20.5 Å². The Balaban J connectivity index is 1.77. The fourth-order valence-corrected chi connectivity index (χ4v) is 2.94. The molecule has 2 rings (SSSR count). The maximum atomic E-state index is 12.7. The fraction of sp³-hybridized carbons (Fsp3) is 0.278. The van der Waals surface area contributed by atoms with Crippen LogP contribution in [0, 0.1) is 10.1 Å². The minimum absolute atomic E-state index is 0.0996. The number of hydrogen-bond donors (Lipinski definition) is 2. The SMILES string of the molecule is O=C(COC(=O)CCCNC(=O)c1ccsc1)Nc1ccc(C(F)(F)F)cc1[N+](=O)[O-]. The molecular weight excluding hydrogens is 443 g/mol. The van der Waals surface area contributed by atoms with E-state index in [0.717, 1.165) is 6.07 Å². The molecule has 0 saturated carbocycles. The highest BCUT2D eigenvalue weighted by Crippen LogP contribution is 2.34. The Labute approximate surface area is 177 Å². The minimum atomic E-state index is -4.79. The van der Waals surface area contributed by atoms with Crippen molar-refractivity contribution in [2.24, 2.45) is 0 Å². The largest absolute Gasteiger partial charge is 0.456 e. The third-order valence-electron chi connectivity index (χ3n) is 3.79. The molecule has 0 saturated heterocycles. The maximum absolute atomic E-state index is 12.7. The van der Waals surface area contributed by atoms with Gasteiger partial charge in [0.05, 0.1) is 10.5 Å². The standard InChI is InChI=1S/C18H16F3N3O6S/c19-18(20,21)12-3-4-13(14(8-12)24(28)29)23-15(25)9-30-16(26)2-1-6-22-17(27)11-5-7-31-10-11/h3-5,7-8,10H,1-2,6,9H2,(H,22,27)(H,23,25). The van der Waals surface area contributed by atoms with E-state index in [0.29, 0.717) is 17.7 Å². The van der Waals surface area contributed by atoms with E-state index in [1.54, 1.807) is 16.8 Å². The average Bonchev–Trinajstić information content (AvgIpc) is 3.23. The molecule has 0 aliphatic rings. The van der Waals surface area contributed by atoms with Gasteiger partial charge in [-0.2, -0.15) is 24.5 Å². The van der Waals surface area contributed by atoms with Crippen LogP contribution < -0.4 is 10.6 Å². The zero-order chi connectivity index (χ0) is 23.0. The van der Waals surface area contributed by atoms with E-state index < -0.39 is 46.5 Å². The maximum Gasteiger partial charge on any atom is 0.416 e. The van der Waals surface area contributed by atoms with Crippen molar-refractivity contribution in [3.8, 4) is 0 Å². The molecule has 1 aromatic carbocycles. The summed E-state index contributed by atoms with van der Waals surface area (Å²) in [4.78, 5) is 45.1. The number of nitrogens with one attached hydrogen (secondary N) is 2. The third-order valence-corrected chi connectivity index (χ3v) is 4.47. The Morgan fingerprint density at radius 2 is 1.94 bits per heavy atom. The number of hydrogen-bond acceptors (Lipinski definition) is 7. The number of thiophene rings is 1. The summed E-state index contributed by atoms with van der Waals surface area (Å²) in [5, 5.41) is 19.1. The van der Waals surface area contributed by atoms with Gasteiger partial charge in [-0.1, -0.05) is 0 Å². The minimum Gasteiger partial charge on any atom is -0.456 e. The van der Waals surface area contributed by atoms with E-state index in [1.807, 2.05) is 5.32 Å². The van der Waals surface area contributed by atoms with Crippen molar-refractivity contribution in [2.75, 3.05) is 18.5 Å². The quantitative estimate of drug-likeness (QED) is 0.256. The number of rotatable bonds is 9. The predicted octanol–water partition coefficient (Wildman–Crippen LogP) is 3.37. The van der Waals surface area contributed by atoms with Gasteiger partial charge < -0.3 is 15.4 Å². The summed E-state index contributed by atoms with van der Waals surface area (Å²) in [6.45, 7) is -0.577. The zero-order valence-electron chi connectivity index (χ0n) is 15.7. The second-order valence-corrected chi connectivity index (χ2v) is 6.85. The average molecular weight is 459 g/mol. The topological polar surface area (TPSA) is 128 Å². The number of carbonyl (C=O) groups is 3. The Bertz CT molecular complexity index is 963. The van der Waals surface area contributed by atoms with Crippen LogP contribution in [0.5, 0.6) is 0 Å². The van der Waals surface area contributed by atoms with Gasteiger partial charge in [0.1, 0.15) is 5.69 Å². The van der Waals surface area contributed by atoms with Crippen LogP contribution in [0.4, 0.5) is 24.5 Å². The zero-order valence-corrected chi connectivity index (χ0v) is 16.5. The van der Waals surface area contributed by atoms with Crippen LogP contribution in [0.2, 0.25) is 0 Å². The van der Waals surface area contributed by atoms with Gasteiger partial charge in [0, 0.05) is 30.0 Å². The number of benzene rings is 1. The van der Waals surface area contributed by atoms with Crippen molar-refractivity contribution >= 4 is 40.5 Å². The molecule has 0 fully saturated rings. The van der Waals surface area contributed by atoms with Crippen LogP contribution in [0.1, 0.15) is 28.8 Å². The molecule has 2 N–H and O–H groups in total. The number of halogens is 3. The van der Waals surface area contributed by atoms with Gasteiger partial charge >= 0.3 is 12.1 Å². The molecule has 9 nitrogen and oxygen atoms in total. The number of anilines is 1. The van der Waals surface area contributed by atoms with E-state index in [-0.39, 0.29) is 25.3 Å². The predicted molar refractivity (Wildman–Crippen MR) is 104 cm³/mol. The summed E-state index contributed by atoms with van der Waals surface area (Å²) in [7, 11) is 0. The monoisotopic (exact) mass is 459 g/mol. The lowest BCUT2D eigenvalue weighted by atomic mass is 10.1. The van der Waals surface area contributed by atoms with Gasteiger partial charge in [0.15, 0.2) is 6.61 Å². The molecule has 0 aliphatic heterocycles. The highest BCUT2D eigenvalue weighted by atomic mass is 32.1. The van der Waals surface area contributed by atoms with E-state index in [4.69, 9.17) is 4.74 Å². The van der Waals surface area contributed by atoms with Crippen LogP contribution in [0.3, 0.4) is 0 Å². The number of nitro groups is 1. The molecule has 0 bridgehead atoms. The summed E-state index contributed by atoms with van der Waals surface area (Å²) < 4.78 is 42.8. The molecule has 31 heavy (non-hydrogen) atoms. The summed E-state index contributed by atoms with van der Waals surface area (Å²) in [6.07, 6.45) is -4.63. The van der Waals surface area contributed by atoms with Gasteiger partial charge in [0.25, 0.3) is 17.5 Å². The molecule has 13 heteroatoms. The van der Waals surface area contributed by atoms with Crippen molar-refractivity contribution in [1.29, 1.82) is 0 Å². The number of ether oxygens (including phenoxy) is 1. The van der Waals surface area contributed by atoms with Crippen molar-refractivity contribution in [2.45, 2.75) is 19.0 Å². The van der Waals surface area contributed by atoms with Crippen molar-refractivity contribution in [3.05, 3.63) is 56.3 Å². The second-order valence-electron chi connectivity index (χ2n) is 6.07. The highest BCUT2D eigenvalue weighted by molar-refractivity contribution is 7.08. The van der Waals surface area contributed by atoms with E-state index in [2.05, 4.69) is 5.32 Å². The van der Waals surface area contributed by atoms with Crippen molar-refractivity contribution in [3.63, 3.8) is 0 Å². The Kier molecular flexibility index (Phi) is 8.07. The van der Waals surface area contributed by atoms with Crippen molar-refractivity contribution in [1.82, 2.24) is 5.32 Å². The van der Waals surface area contributed by atoms with Gasteiger partial charge in [0.2, 0.25) is 0 Å². The molecule has 0 aliphatic carbocycles. The molecule has 1 heterocycles. The highest BCUT2D eigenvalue weighted by Gasteiger charge is 2.33. The molecule has 0 spiro atoms. The second kappa shape index (κ2) is 10.5. The molecule has 166 valence electrons. The first-order chi connectivity index (χ1) is 14.6. The van der Waals surface area contributed by atoms with E-state index >= 15 is 0 Å². The summed E-state index contributed by atoms with van der Waals surface area (Å²) in [5.41, 5.74) is -2.15. The fourth-order valence-electron chi connectivity index (χ4n) is 2.30. The van der Waals surface area contributed by atoms with Crippen molar-refractivity contribution < 1.29 is 37.2 Å². The molecule has 0 radical (unpaired) electrons. The molecule has 2 aromatic rings. The lowest BCUT2D eigenvalue weighted by Crippen LogP contribution is -2.25. The molecule has 1 aromatic heterocycles. The first-order valence-electron chi connectivity index (χ1n) is 8.69. The third kappa shape index (κ3) is 7.37. The van der Waals surface area contributed by atoms with Gasteiger partial charge in [-0.15, -0.1) is 0 Å². The lowest BCUT2D eigenvalue weighted by molar-refractivity contribution is -0.384. The van der Waals surface area contributed by atoms with E-state index in [1.165, 1.54) is 11.3 Å². The molecule has 2 amide bonds. The lowest BCUT2D eigenvalue weighted by Gasteiger charge is -2.10. The van der Waals surface area contributed by atoms with Gasteiger partial charge in [-0.3, -0.25) is 24.5 Å². The number of nitrogens with zero attached hydrogens (tertiary/aromatic N) is 1. The first-order valence-corrected chi connectivity index (χ1v) is 9.63. The number of alkyl halides is 3. The normalized spacial score (nSPS) is 10.9. The summed E-state index contributed by atoms with van der Waals surface area (Å²) in [6, 6.07) is 3.27. The number of esters is 1. The number of carbonyl (C=O) groups excluding carboxylic acids is 3. The Morgan fingerprint density at radius 1 is 1.19 bits per heavy atom. The van der Waals surface area contributed by atoms with Gasteiger partial charge in [-0.25, -0.2) is 0 Å². The summed E-state index contributed by atoms with van der Waals surface area (Å²) >= 11 is 1.37. The summed E-state index contributed by atoms with van der Waals surface area (Å²) in [5.74, 6) is -1.99. The molecule has 0 atom stereocenters. The first kappa shape index (κ1) is 23.8.